The van der Waals surface area contributed by atoms with Crippen LogP contribution < -0.4 is 10.5 Å². The van der Waals surface area contributed by atoms with Gasteiger partial charge in [0.05, 0.1) is 13.2 Å². The predicted octanol–water partition coefficient (Wildman–Crippen LogP) is 4.43. The molecule has 1 amide bonds. The molecule has 1 aliphatic rings. The van der Waals surface area contributed by atoms with Gasteiger partial charge in [-0.25, -0.2) is 0 Å². The predicted molar refractivity (Wildman–Crippen MR) is 116 cm³/mol. The van der Waals surface area contributed by atoms with Gasteiger partial charge in [0, 0.05) is 18.1 Å². The second-order valence-corrected chi connectivity index (χ2v) is 7.72. The van der Waals surface area contributed by atoms with Crippen LogP contribution in [0.15, 0.2) is 66.7 Å². The lowest BCUT2D eigenvalue weighted by molar-refractivity contribution is -0.133. The summed E-state index contributed by atoms with van der Waals surface area (Å²) in [6, 6.07) is 21.2. The van der Waals surface area contributed by atoms with Crippen molar-refractivity contribution < 1.29 is 9.53 Å². The molecule has 1 unspecified atom stereocenters. The van der Waals surface area contributed by atoms with Crippen molar-refractivity contribution >= 4 is 17.5 Å². The molecule has 4 rings (SSSR count). The monoisotopic (exact) mass is 406 g/mol. The Labute approximate surface area is 175 Å². The molecule has 29 heavy (non-hydrogen) atoms. The third-order valence-electron chi connectivity index (χ3n) is 5.39. The molecule has 0 saturated carbocycles. The van der Waals surface area contributed by atoms with Crippen LogP contribution in [0.25, 0.3) is 11.1 Å². The Bertz CT molecular complexity index is 1010. The van der Waals surface area contributed by atoms with Crippen LogP contribution in [0.2, 0.25) is 5.02 Å². The number of halogens is 1. The summed E-state index contributed by atoms with van der Waals surface area (Å²) in [6.07, 6.45) is 0.410. The van der Waals surface area contributed by atoms with Crippen molar-refractivity contribution in [2.75, 3.05) is 7.11 Å². The second kappa shape index (κ2) is 8.27. The van der Waals surface area contributed by atoms with Crippen LogP contribution in [0.1, 0.15) is 16.7 Å². The first kappa shape index (κ1) is 19.5. The number of rotatable bonds is 5. The molecule has 0 saturated heterocycles. The van der Waals surface area contributed by atoms with E-state index in [1.165, 1.54) is 11.1 Å². The fourth-order valence-corrected chi connectivity index (χ4v) is 3.98. The Balaban J connectivity index is 1.44. The molecule has 5 heteroatoms. The van der Waals surface area contributed by atoms with E-state index >= 15 is 0 Å². The second-order valence-electron chi connectivity index (χ2n) is 7.31. The largest absolute Gasteiger partial charge is 0.497 e. The third kappa shape index (κ3) is 4.14. The van der Waals surface area contributed by atoms with Crippen molar-refractivity contribution in [1.29, 1.82) is 0 Å². The van der Waals surface area contributed by atoms with Gasteiger partial charge in [-0.15, -0.1) is 0 Å². The van der Waals surface area contributed by atoms with Gasteiger partial charge in [-0.1, -0.05) is 60.1 Å². The molecule has 2 N–H and O–H groups in total. The number of nitrogens with zero attached hydrogens (tertiary/aromatic N) is 1. The first-order valence-electron chi connectivity index (χ1n) is 9.59. The van der Waals surface area contributed by atoms with E-state index in [1.807, 2.05) is 59.5 Å². The zero-order valence-corrected chi connectivity index (χ0v) is 17.0. The molecule has 0 radical (unpaired) electrons. The Hall–Kier alpha value is -2.82. The standard InChI is InChI=1S/C24H23ClN2O2/c1-29-21-10-8-16(9-11-21)17-6-7-18(22(25)12-17)13-23(26)24(28)27-14-19-4-2-3-5-20(19)15-27/h2-12,23H,13-15,26H2,1H3. The third-order valence-corrected chi connectivity index (χ3v) is 5.74. The van der Waals surface area contributed by atoms with E-state index in [1.54, 1.807) is 7.11 Å². The van der Waals surface area contributed by atoms with Gasteiger partial charge in [0.25, 0.3) is 0 Å². The molecule has 1 atom stereocenters. The highest BCUT2D eigenvalue weighted by atomic mass is 35.5. The molecule has 3 aromatic carbocycles. The van der Waals surface area contributed by atoms with Crippen molar-refractivity contribution in [1.82, 2.24) is 4.90 Å². The molecule has 148 valence electrons. The van der Waals surface area contributed by atoms with Gasteiger partial charge in [0.2, 0.25) is 5.91 Å². The molecule has 0 aromatic heterocycles. The molecule has 0 fully saturated rings. The SMILES string of the molecule is COc1ccc(-c2ccc(CC(N)C(=O)N3Cc4ccccc4C3)c(Cl)c2)cc1. The minimum absolute atomic E-state index is 0.0449. The summed E-state index contributed by atoms with van der Waals surface area (Å²) in [6.45, 7) is 1.24. The fourth-order valence-electron chi connectivity index (χ4n) is 3.72. The number of carbonyl (C=O) groups excluding carboxylic acids is 1. The maximum absolute atomic E-state index is 12.8. The minimum atomic E-state index is -0.617. The highest BCUT2D eigenvalue weighted by Gasteiger charge is 2.27. The van der Waals surface area contributed by atoms with Crippen LogP contribution in [0.4, 0.5) is 0 Å². The number of ether oxygens (including phenoxy) is 1. The van der Waals surface area contributed by atoms with Gasteiger partial charge in [-0.3, -0.25) is 4.79 Å². The average molecular weight is 407 g/mol. The zero-order valence-electron chi connectivity index (χ0n) is 16.3. The van der Waals surface area contributed by atoms with Crippen LogP contribution in [0.5, 0.6) is 5.75 Å². The van der Waals surface area contributed by atoms with Gasteiger partial charge >= 0.3 is 0 Å². The zero-order chi connectivity index (χ0) is 20.4. The molecule has 3 aromatic rings. The maximum atomic E-state index is 12.8. The van der Waals surface area contributed by atoms with Crippen LogP contribution in [0, 0.1) is 0 Å². The maximum Gasteiger partial charge on any atom is 0.240 e. The van der Waals surface area contributed by atoms with Crippen LogP contribution >= 0.6 is 11.6 Å². The summed E-state index contributed by atoms with van der Waals surface area (Å²) < 4.78 is 5.20. The lowest BCUT2D eigenvalue weighted by Gasteiger charge is -2.21. The van der Waals surface area contributed by atoms with Gasteiger partial charge < -0.3 is 15.4 Å². The highest BCUT2D eigenvalue weighted by Crippen LogP contribution is 2.28. The Morgan fingerprint density at radius 1 is 1.03 bits per heavy atom. The molecule has 4 nitrogen and oxygen atoms in total. The quantitative estimate of drug-likeness (QED) is 0.682. The first-order chi connectivity index (χ1) is 14.0. The number of methoxy groups -OCH3 is 1. The van der Waals surface area contributed by atoms with Crippen LogP contribution in [-0.2, 0) is 24.3 Å². The molecule has 1 aliphatic heterocycles. The summed E-state index contributed by atoms with van der Waals surface area (Å²) in [5.41, 5.74) is 11.6. The summed E-state index contributed by atoms with van der Waals surface area (Å²) in [5, 5.41) is 0.617. The molecular weight excluding hydrogens is 384 g/mol. The number of nitrogens with two attached hydrogens (primary N) is 1. The molecule has 0 bridgehead atoms. The smallest absolute Gasteiger partial charge is 0.240 e. The van der Waals surface area contributed by atoms with Crippen molar-refractivity contribution in [3.8, 4) is 16.9 Å². The average Bonchev–Trinajstić information content (AvgIpc) is 3.19. The number of hydrogen-bond donors (Lipinski definition) is 1. The van der Waals surface area contributed by atoms with E-state index < -0.39 is 6.04 Å². The molecule has 0 spiro atoms. The number of benzene rings is 3. The van der Waals surface area contributed by atoms with E-state index in [9.17, 15) is 4.79 Å². The normalized spacial score (nSPS) is 13.8. The number of carbonyl (C=O) groups is 1. The molecule has 1 heterocycles. The highest BCUT2D eigenvalue weighted by molar-refractivity contribution is 6.31. The van der Waals surface area contributed by atoms with Crippen molar-refractivity contribution in [2.24, 2.45) is 5.73 Å². The first-order valence-corrected chi connectivity index (χ1v) is 9.97. The van der Waals surface area contributed by atoms with E-state index in [0.29, 0.717) is 24.5 Å². The summed E-state index contributed by atoms with van der Waals surface area (Å²) in [5.74, 6) is 0.765. The Morgan fingerprint density at radius 2 is 1.66 bits per heavy atom. The van der Waals surface area contributed by atoms with Crippen molar-refractivity contribution in [3.05, 3.63) is 88.4 Å². The van der Waals surface area contributed by atoms with Crippen molar-refractivity contribution in [2.45, 2.75) is 25.6 Å². The van der Waals surface area contributed by atoms with Gasteiger partial charge in [-0.05, 0) is 52.4 Å². The minimum Gasteiger partial charge on any atom is -0.497 e. The molecular formula is C24H23ClN2O2. The summed E-state index contributed by atoms with van der Waals surface area (Å²) in [4.78, 5) is 14.6. The van der Waals surface area contributed by atoms with Crippen LogP contribution in [-0.4, -0.2) is 24.0 Å². The van der Waals surface area contributed by atoms with E-state index in [0.717, 1.165) is 22.4 Å². The van der Waals surface area contributed by atoms with Gasteiger partial charge in [0.15, 0.2) is 0 Å². The van der Waals surface area contributed by atoms with E-state index in [2.05, 4.69) is 12.1 Å². The van der Waals surface area contributed by atoms with Crippen LogP contribution in [0.3, 0.4) is 0 Å². The topological polar surface area (TPSA) is 55.6 Å². The lowest BCUT2D eigenvalue weighted by atomic mass is 10.00. The van der Waals surface area contributed by atoms with E-state index in [-0.39, 0.29) is 5.91 Å². The van der Waals surface area contributed by atoms with E-state index in [4.69, 9.17) is 22.1 Å². The summed E-state index contributed by atoms with van der Waals surface area (Å²) >= 11 is 6.51. The Kier molecular flexibility index (Phi) is 5.56. The number of fused-ring (bicyclic) bond motifs is 1. The number of amides is 1. The fraction of sp³-hybridized carbons (Fsp3) is 0.208. The van der Waals surface area contributed by atoms with Gasteiger partial charge in [0.1, 0.15) is 5.75 Å². The van der Waals surface area contributed by atoms with Crippen molar-refractivity contribution in [3.63, 3.8) is 0 Å². The molecule has 0 aliphatic carbocycles. The Morgan fingerprint density at radius 3 is 2.24 bits per heavy atom. The lowest BCUT2D eigenvalue weighted by Crippen LogP contribution is -2.42. The van der Waals surface area contributed by atoms with Gasteiger partial charge in [-0.2, -0.15) is 0 Å². The summed E-state index contributed by atoms with van der Waals surface area (Å²) in [7, 11) is 1.64. The number of hydrogen-bond acceptors (Lipinski definition) is 3.